The average molecular weight is 241 g/mol. The molecule has 0 aliphatic rings. The number of hydrogen-bond donors (Lipinski definition) is 1. The summed E-state index contributed by atoms with van der Waals surface area (Å²) in [6.45, 7) is 0. The summed E-state index contributed by atoms with van der Waals surface area (Å²) in [5.41, 5.74) is 0.692. The molecule has 0 amide bonds. The Morgan fingerprint density at radius 2 is 1.80 bits per heavy atom. The fraction of sp³-hybridized carbons (Fsp3) is 0. The third-order valence-corrected chi connectivity index (χ3v) is 2.48. The maximum Gasteiger partial charge on any atom is 0.228 e. The first-order valence-electron chi connectivity index (χ1n) is 4.19. The molecule has 5 heteroatoms. The predicted molar refractivity (Wildman–Crippen MR) is 60.3 cm³/mol. The van der Waals surface area contributed by atoms with E-state index in [0.29, 0.717) is 11.1 Å². The summed E-state index contributed by atoms with van der Waals surface area (Å²) in [6.07, 6.45) is 0. The first-order valence-corrected chi connectivity index (χ1v) is 4.95. The van der Waals surface area contributed by atoms with Crippen LogP contribution in [-0.4, -0.2) is 10.2 Å². The van der Waals surface area contributed by atoms with Crippen LogP contribution in [0.15, 0.2) is 35.1 Å². The molecule has 0 bridgehead atoms. The van der Waals surface area contributed by atoms with Gasteiger partial charge in [-0.1, -0.05) is 53.5 Å². The van der Waals surface area contributed by atoms with Crippen LogP contribution in [-0.2, 0) is 0 Å². The zero-order valence-electron chi connectivity index (χ0n) is 7.50. The minimum Gasteiger partial charge on any atom is -0.286 e. The molecule has 0 saturated carbocycles. The molecule has 0 atom stereocenters. The summed E-state index contributed by atoms with van der Waals surface area (Å²) in [5, 5.41) is 6.13. The van der Waals surface area contributed by atoms with E-state index in [-0.39, 0.29) is 15.7 Å². The van der Waals surface area contributed by atoms with Crippen molar-refractivity contribution in [1.29, 1.82) is 0 Å². The Labute approximate surface area is 95.7 Å². The molecule has 2 aromatic rings. The van der Waals surface area contributed by atoms with E-state index in [2.05, 4.69) is 10.2 Å². The summed E-state index contributed by atoms with van der Waals surface area (Å²) in [6, 6.07) is 9.06. The molecule has 1 aromatic carbocycles. The SMILES string of the molecule is O=c1c(Cl)n[nH]c(Cl)c1-c1ccccc1. The summed E-state index contributed by atoms with van der Waals surface area (Å²) in [4.78, 5) is 11.7. The molecule has 2 rings (SSSR count). The van der Waals surface area contributed by atoms with E-state index in [1.165, 1.54) is 0 Å². The van der Waals surface area contributed by atoms with Gasteiger partial charge in [0.1, 0.15) is 5.15 Å². The molecule has 0 saturated heterocycles. The second-order valence-electron chi connectivity index (χ2n) is 2.90. The minimum absolute atomic E-state index is 0.113. The summed E-state index contributed by atoms with van der Waals surface area (Å²) in [7, 11) is 0. The van der Waals surface area contributed by atoms with Crippen molar-refractivity contribution in [2.45, 2.75) is 0 Å². The quantitative estimate of drug-likeness (QED) is 0.834. The molecule has 0 spiro atoms. The van der Waals surface area contributed by atoms with E-state index < -0.39 is 0 Å². The Morgan fingerprint density at radius 3 is 2.47 bits per heavy atom. The topological polar surface area (TPSA) is 45.8 Å². The van der Waals surface area contributed by atoms with Gasteiger partial charge in [-0.25, -0.2) is 0 Å². The van der Waals surface area contributed by atoms with Crippen LogP contribution in [0.4, 0.5) is 0 Å². The molecule has 1 aromatic heterocycles. The van der Waals surface area contributed by atoms with Gasteiger partial charge in [-0.3, -0.25) is 9.89 Å². The van der Waals surface area contributed by atoms with Crippen molar-refractivity contribution in [2.24, 2.45) is 0 Å². The van der Waals surface area contributed by atoms with Gasteiger partial charge in [-0.15, -0.1) is 0 Å². The molecule has 15 heavy (non-hydrogen) atoms. The van der Waals surface area contributed by atoms with Gasteiger partial charge in [0.25, 0.3) is 0 Å². The number of rotatable bonds is 1. The van der Waals surface area contributed by atoms with E-state index >= 15 is 0 Å². The van der Waals surface area contributed by atoms with E-state index in [0.717, 1.165) is 0 Å². The Kier molecular flexibility index (Phi) is 2.75. The molecule has 0 radical (unpaired) electrons. The maximum absolute atomic E-state index is 11.7. The first-order chi connectivity index (χ1) is 7.20. The van der Waals surface area contributed by atoms with Crippen LogP contribution in [0.2, 0.25) is 10.3 Å². The summed E-state index contributed by atoms with van der Waals surface area (Å²) in [5.74, 6) is 0. The first kappa shape index (κ1) is 10.2. The lowest BCUT2D eigenvalue weighted by atomic mass is 10.1. The summed E-state index contributed by atoms with van der Waals surface area (Å²) < 4.78 is 0. The average Bonchev–Trinajstić information content (AvgIpc) is 2.26. The fourth-order valence-corrected chi connectivity index (χ4v) is 1.64. The number of nitrogens with zero attached hydrogens (tertiary/aromatic N) is 1. The van der Waals surface area contributed by atoms with Crippen molar-refractivity contribution < 1.29 is 0 Å². The molecular weight excluding hydrogens is 235 g/mol. The van der Waals surface area contributed by atoms with Gasteiger partial charge < -0.3 is 0 Å². The molecule has 1 heterocycles. The highest BCUT2D eigenvalue weighted by Crippen LogP contribution is 2.22. The lowest BCUT2D eigenvalue weighted by molar-refractivity contribution is 1.02. The third-order valence-electron chi connectivity index (χ3n) is 1.95. The Bertz CT molecular complexity index is 537. The van der Waals surface area contributed by atoms with E-state index in [1.807, 2.05) is 18.2 Å². The lowest BCUT2D eigenvalue weighted by Gasteiger charge is -2.02. The molecular formula is C10H6Cl2N2O. The largest absolute Gasteiger partial charge is 0.286 e. The van der Waals surface area contributed by atoms with Gasteiger partial charge >= 0.3 is 0 Å². The highest BCUT2D eigenvalue weighted by Gasteiger charge is 2.11. The van der Waals surface area contributed by atoms with Gasteiger partial charge in [0.2, 0.25) is 5.43 Å². The normalized spacial score (nSPS) is 10.3. The van der Waals surface area contributed by atoms with Gasteiger partial charge in [-0.2, -0.15) is 5.10 Å². The second kappa shape index (κ2) is 4.04. The number of nitrogens with one attached hydrogen (secondary N) is 1. The van der Waals surface area contributed by atoms with Crippen LogP contribution in [0.5, 0.6) is 0 Å². The number of benzene rings is 1. The second-order valence-corrected chi connectivity index (χ2v) is 3.63. The van der Waals surface area contributed by atoms with E-state index in [4.69, 9.17) is 23.2 Å². The monoisotopic (exact) mass is 240 g/mol. The molecule has 0 fully saturated rings. The fourth-order valence-electron chi connectivity index (χ4n) is 1.27. The highest BCUT2D eigenvalue weighted by atomic mass is 35.5. The van der Waals surface area contributed by atoms with Gasteiger partial charge in [0.15, 0.2) is 5.15 Å². The number of aromatic amines is 1. The molecule has 0 unspecified atom stereocenters. The Balaban J connectivity index is 2.73. The molecule has 0 aliphatic carbocycles. The van der Waals surface area contributed by atoms with Crippen LogP contribution in [0.25, 0.3) is 11.1 Å². The van der Waals surface area contributed by atoms with E-state index in [1.54, 1.807) is 12.1 Å². The standard InChI is InChI=1S/C10H6Cl2N2O/c11-9-7(6-4-2-1-3-5-6)8(15)10(12)14-13-9/h1-5H,(H,13,15). The van der Waals surface area contributed by atoms with Gasteiger partial charge in [0, 0.05) is 0 Å². The van der Waals surface area contributed by atoms with Crippen molar-refractivity contribution in [2.75, 3.05) is 0 Å². The maximum atomic E-state index is 11.7. The Hall–Kier alpha value is -1.32. The van der Waals surface area contributed by atoms with Crippen LogP contribution in [0.1, 0.15) is 0 Å². The van der Waals surface area contributed by atoms with Crippen molar-refractivity contribution >= 4 is 23.2 Å². The minimum atomic E-state index is -0.369. The molecule has 3 nitrogen and oxygen atoms in total. The molecule has 1 N–H and O–H groups in total. The van der Waals surface area contributed by atoms with Gasteiger partial charge in [0.05, 0.1) is 5.56 Å². The number of aromatic nitrogens is 2. The number of H-pyrrole nitrogens is 1. The van der Waals surface area contributed by atoms with Crippen molar-refractivity contribution in [3.63, 3.8) is 0 Å². The van der Waals surface area contributed by atoms with Crippen molar-refractivity contribution in [3.05, 3.63) is 50.9 Å². The van der Waals surface area contributed by atoms with Crippen molar-refractivity contribution in [1.82, 2.24) is 10.2 Å². The molecule has 0 aliphatic heterocycles. The highest BCUT2D eigenvalue weighted by molar-refractivity contribution is 6.33. The molecule has 76 valence electrons. The van der Waals surface area contributed by atoms with Crippen LogP contribution >= 0.6 is 23.2 Å². The van der Waals surface area contributed by atoms with Gasteiger partial charge in [-0.05, 0) is 5.56 Å². The van der Waals surface area contributed by atoms with Crippen LogP contribution in [0, 0.1) is 0 Å². The number of hydrogen-bond acceptors (Lipinski definition) is 2. The Morgan fingerprint density at radius 1 is 1.13 bits per heavy atom. The smallest absolute Gasteiger partial charge is 0.228 e. The zero-order valence-corrected chi connectivity index (χ0v) is 9.01. The zero-order chi connectivity index (χ0) is 10.8. The van der Waals surface area contributed by atoms with Crippen LogP contribution < -0.4 is 5.43 Å². The van der Waals surface area contributed by atoms with E-state index in [9.17, 15) is 4.79 Å². The summed E-state index contributed by atoms with van der Waals surface area (Å²) >= 11 is 11.5. The van der Waals surface area contributed by atoms with Crippen LogP contribution in [0.3, 0.4) is 0 Å². The predicted octanol–water partition coefficient (Wildman–Crippen LogP) is 2.74. The lowest BCUT2D eigenvalue weighted by Crippen LogP contribution is -2.09. The van der Waals surface area contributed by atoms with Crippen molar-refractivity contribution in [3.8, 4) is 11.1 Å². The number of halogens is 2. The third kappa shape index (κ3) is 1.89.